The quantitative estimate of drug-likeness (QED) is 0.643. The number of halogens is 1. The molecule has 0 aliphatic carbocycles. The predicted octanol–water partition coefficient (Wildman–Crippen LogP) is 0.964. The summed E-state index contributed by atoms with van der Waals surface area (Å²) in [5.41, 5.74) is 0.567. The lowest BCUT2D eigenvalue weighted by Gasteiger charge is -2.21. The van der Waals surface area contributed by atoms with Crippen LogP contribution in [0.15, 0.2) is 11.2 Å². The monoisotopic (exact) mass is 275 g/mol. The zero-order valence-corrected chi connectivity index (χ0v) is 11.1. The van der Waals surface area contributed by atoms with E-state index in [-0.39, 0.29) is 10.3 Å². The van der Waals surface area contributed by atoms with Crippen molar-refractivity contribution in [1.29, 1.82) is 0 Å². The molecular weight excluding hydrogens is 262 g/mol. The molecule has 1 saturated heterocycles. The summed E-state index contributed by atoms with van der Waals surface area (Å²) in [6.07, 6.45) is 1.19. The summed E-state index contributed by atoms with van der Waals surface area (Å²) in [4.78, 5) is 7.80. The summed E-state index contributed by atoms with van der Waals surface area (Å²) in [5.74, 6) is 0. The third-order valence-electron chi connectivity index (χ3n) is 2.78. The summed E-state index contributed by atoms with van der Waals surface area (Å²) >= 11 is 5.77. The minimum Gasteiger partial charge on any atom is -0.317 e. The lowest BCUT2D eigenvalue weighted by atomic mass is 10.2. The van der Waals surface area contributed by atoms with Gasteiger partial charge in [-0.05, 0) is 38.9 Å². The standard InChI is InChI=1S/C10H14ClN3O2S/c1-7-6-9(11)14-10(13-7)17(15,16)8-2-4-12-5-3-8/h6,8,12H,2-5H2,1H3. The van der Waals surface area contributed by atoms with Crippen molar-refractivity contribution >= 4 is 21.4 Å². The summed E-state index contributed by atoms with van der Waals surface area (Å²) in [6, 6.07) is 1.54. The van der Waals surface area contributed by atoms with E-state index >= 15 is 0 Å². The van der Waals surface area contributed by atoms with E-state index in [0.717, 1.165) is 0 Å². The van der Waals surface area contributed by atoms with Crippen molar-refractivity contribution in [3.05, 3.63) is 16.9 Å². The molecule has 0 bridgehead atoms. The molecule has 17 heavy (non-hydrogen) atoms. The van der Waals surface area contributed by atoms with Crippen LogP contribution in [0, 0.1) is 6.92 Å². The number of piperidine rings is 1. The molecule has 1 aliphatic rings. The average Bonchev–Trinajstić information content (AvgIpc) is 2.29. The van der Waals surface area contributed by atoms with Crippen molar-refractivity contribution < 1.29 is 8.42 Å². The van der Waals surface area contributed by atoms with Crippen LogP contribution in [-0.4, -0.2) is 36.7 Å². The molecule has 1 aliphatic heterocycles. The Morgan fingerprint density at radius 2 is 2.00 bits per heavy atom. The highest BCUT2D eigenvalue weighted by Crippen LogP contribution is 2.21. The first-order valence-corrected chi connectivity index (χ1v) is 7.38. The van der Waals surface area contributed by atoms with Crippen molar-refractivity contribution in [1.82, 2.24) is 15.3 Å². The molecule has 0 saturated carbocycles. The van der Waals surface area contributed by atoms with Crippen LogP contribution >= 0.6 is 11.6 Å². The molecule has 0 amide bonds. The van der Waals surface area contributed by atoms with Crippen LogP contribution in [0.5, 0.6) is 0 Å². The number of aromatic nitrogens is 2. The number of hydrogen-bond acceptors (Lipinski definition) is 5. The van der Waals surface area contributed by atoms with Gasteiger partial charge >= 0.3 is 0 Å². The Morgan fingerprint density at radius 1 is 1.35 bits per heavy atom. The van der Waals surface area contributed by atoms with Gasteiger partial charge in [-0.1, -0.05) is 11.6 Å². The Hall–Kier alpha value is -0.720. The maximum Gasteiger partial charge on any atom is 0.249 e. The van der Waals surface area contributed by atoms with Crippen LogP contribution < -0.4 is 5.32 Å². The van der Waals surface area contributed by atoms with Gasteiger partial charge in [0.05, 0.1) is 5.25 Å². The highest BCUT2D eigenvalue weighted by atomic mass is 35.5. The second kappa shape index (κ2) is 4.88. The lowest BCUT2D eigenvalue weighted by molar-refractivity contribution is 0.492. The Labute approximate surface area is 106 Å². The Balaban J connectivity index is 2.36. The van der Waals surface area contributed by atoms with Crippen molar-refractivity contribution in [3.63, 3.8) is 0 Å². The molecule has 1 fully saturated rings. The number of sulfone groups is 1. The molecular formula is C10H14ClN3O2S. The second-order valence-electron chi connectivity index (χ2n) is 4.11. The van der Waals surface area contributed by atoms with E-state index in [1.807, 2.05) is 0 Å². The fraction of sp³-hybridized carbons (Fsp3) is 0.600. The van der Waals surface area contributed by atoms with E-state index < -0.39 is 15.1 Å². The molecule has 94 valence electrons. The van der Waals surface area contributed by atoms with E-state index in [4.69, 9.17) is 11.6 Å². The minimum absolute atomic E-state index is 0.144. The first kappa shape index (κ1) is 12.7. The summed E-state index contributed by atoms with van der Waals surface area (Å²) in [7, 11) is -3.45. The van der Waals surface area contributed by atoms with Gasteiger partial charge in [0.15, 0.2) is 0 Å². The van der Waals surface area contributed by atoms with Crippen LogP contribution in [0.1, 0.15) is 18.5 Å². The van der Waals surface area contributed by atoms with E-state index in [2.05, 4.69) is 15.3 Å². The topological polar surface area (TPSA) is 72.0 Å². The van der Waals surface area contributed by atoms with Gasteiger partial charge < -0.3 is 5.32 Å². The molecule has 0 unspecified atom stereocenters. The molecule has 2 rings (SSSR count). The van der Waals surface area contributed by atoms with Crippen molar-refractivity contribution in [3.8, 4) is 0 Å². The van der Waals surface area contributed by atoms with E-state index in [0.29, 0.717) is 31.6 Å². The molecule has 1 aromatic rings. The smallest absolute Gasteiger partial charge is 0.249 e. The lowest BCUT2D eigenvalue weighted by Crippen LogP contribution is -2.36. The molecule has 1 aromatic heterocycles. The fourth-order valence-electron chi connectivity index (χ4n) is 1.89. The van der Waals surface area contributed by atoms with Gasteiger partial charge in [0, 0.05) is 5.69 Å². The van der Waals surface area contributed by atoms with Crippen LogP contribution in [-0.2, 0) is 9.84 Å². The van der Waals surface area contributed by atoms with Crippen LogP contribution in [0.25, 0.3) is 0 Å². The van der Waals surface area contributed by atoms with Crippen LogP contribution in [0.2, 0.25) is 5.15 Å². The molecule has 0 spiro atoms. The molecule has 0 atom stereocenters. The van der Waals surface area contributed by atoms with Gasteiger partial charge in [0.25, 0.3) is 0 Å². The van der Waals surface area contributed by atoms with Gasteiger partial charge in [0.2, 0.25) is 15.0 Å². The molecule has 7 heteroatoms. The molecule has 2 heterocycles. The third kappa shape index (κ3) is 2.75. The maximum atomic E-state index is 12.3. The molecule has 0 aromatic carbocycles. The summed E-state index contributed by atoms with van der Waals surface area (Å²) < 4.78 is 24.6. The largest absolute Gasteiger partial charge is 0.317 e. The number of aryl methyl sites for hydroxylation is 1. The van der Waals surface area contributed by atoms with Crippen molar-refractivity contribution in [2.45, 2.75) is 30.2 Å². The average molecular weight is 276 g/mol. The molecule has 0 radical (unpaired) electrons. The highest BCUT2D eigenvalue weighted by molar-refractivity contribution is 7.91. The minimum atomic E-state index is -3.45. The van der Waals surface area contributed by atoms with Gasteiger partial charge in [-0.25, -0.2) is 18.4 Å². The van der Waals surface area contributed by atoms with E-state index in [1.165, 1.54) is 0 Å². The van der Waals surface area contributed by atoms with Gasteiger partial charge in [-0.15, -0.1) is 0 Å². The zero-order chi connectivity index (χ0) is 12.5. The zero-order valence-electron chi connectivity index (χ0n) is 9.48. The van der Waals surface area contributed by atoms with Crippen LogP contribution in [0.4, 0.5) is 0 Å². The Morgan fingerprint density at radius 3 is 2.59 bits per heavy atom. The first-order chi connectivity index (χ1) is 8.00. The van der Waals surface area contributed by atoms with Gasteiger partial charge in [-0.3, -0.25) is 0 Å². The second-order valence-corrected chi connectivity index (χ2v) is 6.62. The van der Waals surface area contributed by atoms with Gasteiger partial charge in [-0.2, -0.15) is 0 Å². The third-order valence-corrected chi connectivity index (χ3v) is 5.02. The Kier molecular flexibility index (Phi) is 3.65. The Bertz CT molecular complexity index is 492. The fourth-order valence-corrected chi connectivity index (χ4v) is 3.83. The van der Waals surface area contributed by atoms with E-state index in [9.17, 15) is 8.42 Å². The highest BCUT2D eigenvalue weighted by Gasteiger charge is 2.31. The normalized spacial score (nSPS) is 18.2. The van der Waals surface area contributed by atoms with E-state index in [1.54, 1.807) is 13.0 Å². The predicted molar refractivity (Wildman–Crippen MR) is 64.9 cm³/mol. The number of hydrogen-bond donors (Lipinski definition) is 1. The van der Waals surface area contributed by atoms with Gasteiger partial charge in [0.1, 0.15) is 5.15 Å². The number of nitrogens with one attached hydrogen (secondary N) is 1. The number of nitrogens with zero attached hydrogens (tertiary/aromatic N) is 2. The maximum absolute atomic E-state index is 12.3. The molecule has 1 N–H and O–H groups in total. The SMILES string of the molecule is Cc1cc(Cl)nc(S(=O)(=O)C2CCNCC2)n1. The van der Waals surface area contributed by atoms with Crippen molar-refractivity contribution in [2.24, 2.45) is 0 Å². The molecule has 5 nitrogen and oxygen atoms in total. The van der Waals surface area contributed by atoms with Crippen LogP contribution in [0.3, 0.4) is 0 Å². The summed E-state index contributed by atoms with van der Waals surface area (Å²) in [5, 5.41) is 2.76. The van der Waals surface area contributed by atoms with Crippen molar-refractivity contribution in [2.75, 3.05) is 13.1 Å². The first-order valence-electron chi connectivity index (χ1n) is 5.46. The summed E-state index contributed by atoms with van der Waals surface area (Å²) in [6.45, 7) is 3.13. The number of rotatable bonds is 2.